The van der Waals surface area contributed by atoms with Crippen molar-refractivity contribution in [2.45, 2.75) is 45.6 Å². The normalized spacial score (nSPS) is 35.4. The Morgan fingerprint density at radius 2 is 2.07 bits per heavy atom. The summed E-state index contributed by atoms with van der Waals surface area (Å²) < 4.78 is 0. The second kappa shape index (κ2) is 4.19. The zero-order valence-corrected chi connectivity index (χ0v) is 9.68. The molecule has 82 valence electrons. The number of likely N-dealkylation sites (tertiary alicyclic amines) is 1. The standard InChI is InChI=1S/C12H24N2/c1-11(2)14-8-4-3-5-12(10-14)6-7-13-9-12/h11,13H,3-10H2,1-2H3. The van der Waals surface area contributed by atoms with Crippen molar-refractivity contribution in [1.82, 2.24) is 10.2 Å². The van der Waals surface area contributed by atoms with Crippen LogP contribution in [0, 0.1) is 5.41 Å². The maximum absolute atomic E-state index is 3.54. The molecule has 2 aliphatic heterocycles. The van der Waals surface area contributed by atoms with Gasteiger partial charge in [-0.05, 0) is 51.6 Å². The van der Waals surface area contributed by atoms with Crippen molar-refractivity contribution in [3.8, 4) is 0 Å². The first-order chi connectivity index (χ1) is 6.72. The van der Waals surface area contributed by atoms with E-state index < -0.39 is 0 Å². The van der Waals surface area contributed by atoms with Gasteiger partial charge < -0.3 is 10.2 Å². The summed E-state index contributed by atoms with van der Waals surface area (Å²) in [7, 11) is 0. The first-order valence-electron chi connectivity index (χ1n) is 6.17. The Morgan fingerprint density at radius 3 is 2.71 bits per heavy atom. The van der Waals surface area contributed by atoms with E-state index in [9.17, 15) is 0 Å². The molecule has 0 aliphatic carbocycles. The summed E-state index contributed by atoms with van der Waals surface area (Å²) in [6.45, 7) is 9.82. The van der Waals surface area contributed by atoms with E-state index in [1.807, 2.05) is 0 Å². The van der Waals surface area contributed by atoms with E-state index in [1.54, 1.807) is 0 Å². The Labute approximate surface area is 88.1 Å². The Bertz CT molecular complexity index is 183. The molecule has 0 radical (unpaired) electrons. The van der Waals surface area contributed by atoms with E-state index >= 15 is 0 Å². The van der Waals surface area contributed by atoms with Gasteiger partial charge >= 0.3 is 0 Å². The first-order valence-corrected chi connectivity index (χ1v) is 6.17. The van der Waals surface area contributed by atoms with Crippen LogP contribution in [0.2, 0.25) is 0 Å². The van der Waals surface area contributed by atoms with Gasteiger partial charge in [-0.2, -0.15) is 0 Å². The van der Waals surface area contributed by atoms with Crippen LogP contribution in [-0.2, 0) is 0 Å². The van der Waals surface area contributed by atoms with E-state index in [0.29, 0.717) is 5.41 Å². The lowest BCUT2D eigenvalue weighted by atomic mass is 9.82. The molecule has 14 heavy (non-hydrogen) atoms. The van der Waals surface area contributed by atoms with Crippen LogP contribution in [-0.4, -0.2) is 37.1 Å². The number of nitrogens with zero attached hydrogens (tertiary/aromatic N) is 1. The Hall–Kier alpha value is -0.0800. The number of hydrogen-bond donors (Lipinski definition) is 1. The minimum Gasteiger partial charge on any atom is -0.316 e. The molecule has 0 aromatic heterocycles. The molecule has 0 amide bonds. The molecule has 2 heterocycles. The molecule has 2 fully saturated rings. The van der Waals surface area contributed by atoms with Gasteiger partial charge in [0.2, 0.25) is 0 Å². The zero-order valence-electron chi connectivity index (χ0n) is 9.68. The summed E-state index contributed by atoms with van der Waals surface area (Å²) in [5.74, 6) is 0. The van der Waals surface area contributed by atoms with E-state index in [1.165, 1.54) is 51.9 Å². The predicted molar refractivity (Wildman–Crippen MR) is 60.5 cm³/mol. The largest absolute Gasteiger partial charge is 0.316 e. The molecule has 0 aromatic carbocycles. The summed E-state index contributed by atoms with van der Waals surface area (Å²) in [4.78, 5) is 2.68. The third-order valence-corrected chi connectivity index (χ3v) is 4.00. The molecule has 1 N–H and O–H groups in total. The fourth-order valence-corrected chi connectivity index (χ4v) is 2.99. The van der Waals surface area contributed by atoms with Gasteiger partial charge in [-0.15, -0.1) is 0 Å². The average molecular weight is 196 g/mol. The minimum absolute atomic E-state index is 0.626. The highest BCUT2D eigenvalue weighted by Gasteiger charge is 2.36. The molecular formula is C12H24N2. The van der Waals surface area contributed by atoms with Crippen molar-refractivity contribution in [2.75, 3.05) is 26.2 Å². The number of hydrogen-bond acceptors (Lipinski definition) is 2. The highest BCUT2D eigenvalue weighted by Crippen LogP contribution is 2.35. The van der Waals surface area contributed by atoms with E-state index in [0.717, 1.165) is 6.04 Å². The van der Waals surface area contributed by atoms with Crippen LogP contribution in [0.3, 0.4) is 0 Å². The summed E-state index contributed by atoms with van der Waals surface area (Å²) >= 11 is 0. The van der Waals surface area contributed by atoms with Crippen LogP contribution in [0.4, 0.5) is 0 Å². The lowest BCUT2D eigenvalue weighted by Crippen LogP contribution is -2.41. The third-order valence-electron chi connectivity index (χ3n) is 4.00. The first kappa shape index (κ1) is 10.4. The lowest BCUT2D eigenvalue weighted by molar-refractivity contribution is 0.148. The molecular weight excluding hydrogens is 172 g/mol. The predicted octanol–water partition coefficient (Wildman–Crippen LogP) is 1.86. The monoisotopic (exact) mass is 196 g/mol. The maximum Gasteiger partial charge on any atom is 0.00533 e. The van der Waals surface area contributed by atoms with Crippen LogP contribution >= 0.6 is 0 Å². The van der Waals surface area contributed by atoms with Gasteiger partial charge in [-0.3, -0.25) is 0 Å². The summed E-state index contributed by atoms with van der Waals surface area (Å²) in [6.07, 6.45) is 5.68. The van der Waals surface area contributed by atoms with E-state index in [4.69, 9.17) is 0 Å². The molecule has 1 spiro atoms. The van der Waals surface area contributed by atoms with Crippen molar-refractivity contribution in [1.29, 1.82) is 0 Å². The highest BCUT2D eigenvalue weighted by molar-refractivity contribution is 4.92. The SMILES string of the molecule is CC(C)N1CCCCC2(CCNC2)C1. The fourth-order valence-electron chi connectivity index (χ4n) is 2.99. The molecule has 1 atom stereocenters. The average Bonchev–Trinajstić information content (AvgIpc) is 2.47. The molecule has 2 heteroatoms. The van der Waals surface area contributed by atoms with Crippen molar-refractivity contribution in [3.63, 3.8) is 0 Å². The minimum atomic E-state index is 0.626. The summed E-state index contributed by atoms with van der Waals surface area (Å²) in [6, 6.07) is 0.727. The maximum atomic E-state index is 3.54. The number of rotatable bonds is 1. The molecule has 2 aliphatic rings. The quantitative estimate of drug-likeness (QED) is 0.688. The zero-order chi connectivity index (χ0) is 10.0. The molecule has 0 saturated carbocycles. The second-order valence-corrected chi connectivity index (χ2v) is 5.45. The smallest absolute Gasteiger partial charge is 0.00533 e. The summed E-state index contributed by atoms with van der Waals surface area (Å²) in [5.41, 5.74) is 0.626. The number of nitrogens with one attached hydrogen (secondary N) is 1. The molecule has 2 nitrogen and oxygen atoms in total. The van der Waals surface area contributed by atoms with Crippen LogP contribution < -0.4 is 5.32 Å². The molecule has 2 saturated heterocycles. The Kier molecular flexibility index (Phi) is 3.13. The summed E-state index contributed by atoms with van der Waals surface area (Å²) in [5, 5.41) is 3.54. The topological polar surface area (TPSA) is 15.3 Å². The second-order valence-electron chi connectivity index (χ2n) is 5.45. The van der Waals surface area contributed by atoms with Crippen molar-refractivity contribution in [2.24, 2.45) is 5.41 Å². The van der Waals surface area contributed by atoms with Crippen LogP contribution in [0.25, 0.3) is 0 Å². The molecule has 0 bridgehead atoms. The lowest BCUT2D eigenvalue weighted by Gasteiger charge is -2.34. The van der Waals surface area contributed by atoms with E-state index in [2.05, 4.69) is 24.1 Å². The highest BCUT2D eigenvalue weighted by atomic mass is 15.2. The van der Waals surface area contributed by atoms with Gasteiger partial charge in [-0.1, -0.05) is 6.42 Å². The van der Waals surface area contributed by atoms with Gasteiger partial charge in [0.05, 0.1) is 0 Å². The van der Waals surface area contributed by atoms with Gasteiger partial charge in [0.15, 0.2) is 0 Å². The van der Waals surface area contributed by atoms with Gasteiger partial charge in [0.25, 0.3) is 0 Å². The van der Waals surface area contributed by atoms with E-state index in [-0.39, 0.29) is 0 Å². The molecule has 2 rings (SSSR count). The Morgan fingerprint density at radius 1 is 1.21 bits per heavy atom. The fraction of sp³-hybridized carbons (Fsp3) is 1.00. The van der Waals surface area contributed by atoms with Crippen molar-refractivity contribution < 1.29 is 0 Å². The van der Waals surface area contributed by atoms with Gasteiger partial charge in [0.1, 0.15) is 0 Å². The van der Waals surface area contributed by atoms with Gasteiger partial charge in [-0.25, -0.2) is 0 Å². The molecule has 0 aromatic rings. The van der Waals surface area contributed by atoms with Crippen LogP contribution in [0.5, 0.6) is 0 Å². The van der Waals surface area contributed by atoms with Crippen LogP contribution in [0.15, 0.2) is 0 Å². The van der Waals surface area contributed by atoms with Crippen LogP contribution in [0.1, 0.15) is 39.5 Å². The molecule has 1 unspecified atom stereocenters. The third kappa shape index (κ3) is 2.12. The van der Waals surface area contributed by atoms with Crippen molar-refractivity contribution in [3.05, 3.63) is 0 Å². The van der Waals surface area contributed by atoms with Crippen molar-refractivity contribution >= 4 is 0 Å². The van der Waals surface area contributed by atoms with Gasteiger partial charge in [0, 0.05) is 19.1 Å². The Balaban J connectivity index is 2.03.